The van der Waals surface area contributed by atoms with Gasteiger partial charge in [0.15, 0.2) is 0 Å². The zero-order chi connectivity index (χ0) is 12.1. The average Bonchev–Trinajstić information content (AvgIpc) is 2.16. The molecular formula is C11H17F2N3. The number of aryl methyl sites for hydroxylation is 1. The summed E-state index contributed by atoms with van der Waals surface area (Å²) in [5, 5.41) is 0. The van der Waals surface area contributed by atoms with Crippen LogP contribution >= 0.6 is 0 Å². The topological polar surface area (TPSA) is 42.1 Å². The molecule has 0 aliphatic carbocycles. The molecule has 0 saturated heterocycles. The second-order valence-electron chi connectivity index (χ2n) is 3.79. The number of anilines is 1. The lowest BCUT2D eigenvalue weighted by Gasteiger charge is -2.19. The van der Waals surface area contributed by atoms with Gasteiger partial charge < -0.3 is 10.6 Å². The zero-order valence-electron chi connectivity index (χ0n) is 9.58. The first-order valence-electron chi connectivity index (χ1n) is 5.19. The van der Waals surface area contributed by atoms with E-state index in [2.05, 4.69) is 4.98 Å². The van der Waals surface area contributed by atoms with Gasteiger partial charge in [0, 0.05) is 13.2 Å². The maximum Gasteiger partial charge on any atom is 0.255 e. The Morgan fingerprint density at radius 3 is 2.69 bits per heavy atom. The number of pyridine rings is 1. The number of halogens is 2. The van der Waals surface area contributed by atoms with E-state index < -0.39 is 6.43 Å². The Balaban J connectivity index is 2.81. The third kappa shape index (κ3) is 3.41. The van der Waals surface area contributed by atoms with Gasteiger partial charge in [-0.15, -0.1) is 0 Å². The van der Waals surface area contributed by atoms with Crippen LogP contribution in [0.2, 0.25) is 0 Å². The molecule has 0 atom stereocenters. The summed E-state index contributed by atoms with van der Waals surface area (Å²) in [7, 11) is 1.62. The Morgan fingerprint density at radius 1 is 1.50 bits per heavy atom. The molecule has 0 bridgehead atoms. The van der Waals surface area contributed by atoms with Crippen molar-refractivity contribution in [3.05, 3.63) is 23.4 Å². The molecule has 1 aromatic rings. The summed E-state index contributed by atoms with van der Waals surface area (Å²) in [4.78, 5) is 5.65. The zero-order valence-corrected chi connectivity index (χ0v) is 9.58. The average molecular weight is 229 g/mol. The molecule has 16 heavy (non-hydrogen) atoms. The standard InChI is InChI=1S/C11H17F2N3/c1-8-5-9(3-4-14)6-15-11(8)16(2)7-10(12)13/h5-6,10H,3-4,7,14H2,1-2H3. The minimum absolute atomic E-state index is 0.302. The Kier molecular flexibility index (Phi) is 4.61. The van der Waals surface area contributed by atoms with Crippen LogP contribution in [0.1, 0.15) is 11.1 Å². The van der Waals surface area contributed by atoms with E-state index >= 15 is 0 Å². The van der Waals surface area contributed by atoms with E-state index in [0.717, 1.165) is 17.5 Å². The van der Waals surface area contributed by atoms with Crippen LogP contribution in [-0.4, -0.2) is 31.5 Å². The summed E-state index contributed by atoms with van der Waals surface area (Å²) in [6, 6.07) is 1.94. The highest BCUT2D eigenvalue weighted by molar-refractivity contribution is 5.46. The monoisotopic (exact) mass is 229 g/mol. The van der Waals surface area contributed by atoms with Crippen molar-refractivity contribution in [1.29, 1.82) is 0 Å². The van der Waals surface area contributed by atoms with Gasteiger partial charge in [0.2, 0.25) is 0 Å². The highest BCUT2D eigenvalue weighted by Crippen LogP contribution is 2.17. The summed E-state index contributed by atoms with van der Waals surface area (Å²) >= 11 is 0. The van der Waals surface area contributed by atoms with E-state index in [1.807, 2.05) is 13.0 Å². The minimum Gasteiger partial charge on any atom is -0.354 e. The first-order valence-corrected chi connectivity index (χ1v) is 5.19. The maximum absolute atomic E-state index is 12.2. The molecule has 0 spiro atoms. The molecule has 0 aliphatic heterocycles. The van der Waals surface area contributed by atoms with Crippen molar-refractivity contribution in [2.24, 2.45) is 5.73 Å². The van der Waals surface area contributed by atoms with Gasteiger partial charge in [0.25, 0.3) is 6.43 Å². The van der Waals surface area contributed by atoms with Gasteiger partial charge in [-0.2, -0.15) is 0 Å². The number of hydrogen-bond acceptors (Lipinski definition) is 3. The van der Waals surface area contributed by atoms with Gasteiger partial charge in [0.1, 0.15) is 5.82 Å². The SMILES string of the molecule is Cc1cc(CCN)cnc1N(C)CC(F)F. The van der Waals surface area contributed by atoms with Crippen LogP contribution in [0.15, 0.2) is 12.3 Å². The molecule has 3 nitrogen and oxygen atoms in total. The fraction of sp³-hybridized carbons (Fsp3) is 0.545. The van der Waals surface area contributed by atoms with Crippen molar-refractivity contribution in [3.63, 3.8) is 0 Å². The molecule has 0 radical (unpaired) electrons. The second kappa shape index (κ2) is 5.75. The van der Waals surface area contributed by atoms with Crippen LogP contribution in [0, 0.1) is 6.92 Å². The van der Waals surface area contributed by atoms with Crippen LogP contribution in [0.25, 0.3) is 0 Å². The predicted molar refractivity (Wildman–Crippen MR) is 61.0 cm³/mol. The highest BCUT2D eigenvalue weighted by Gasteiger charge is 2.11. The number of nitrogens with zero attached hydrogens (tertiary/aromatic N) is 2. The third-order valence-electron chi connectivity index (χ3n) is 2.31. The van der Waals surface area contributed by atoms with Gasteiger partial charge in [0.05, 0.1) is 6.54 Å². The summed E-state index contributed by atoms with van der Waals surface area (Å²) in [6.07, 6.45) is 0.0963. The highest BCUT2D eigenvalue weighted by atomic mass is 19.3. The summed E-state index contributed by atoms with van der Waals surface area (Å²) in [5.74, 6) is 0.598. The molecule has 0 saturated carbocycles. The van der Waals surface area contributed by atoms with E-state index in [9.17, 15) is 8.78 Å². The molecule has 0 fully saturated rings. The minimum atomic E-state index is -2.35. The first kappa shape index (κ1) is 12.8. The number of hydrogen-bond donors (Lipinski definition) is 1. The predicted octanol–water partition coefficient (Wildman–Crippen LogP) is 1.59. The number of aromatic nitrogens is 1. The van der Waals surface area contributed by atoms with Gasteiger partial charge in [-0.05, 0) is 31.0 Å². The lowest BCUT2D eigenvalue weighted by Crippen LogP contribution is -2.25. The molecule has 1 rings (SSSR count). The normalized spacial score (nSPS) is 10.9. The van der Waals surface area contributed by atoms with Crippen molar-refractivity contribution in [1.82, 2.24) is 4.98 Å². The Hall–Kier alpha value is -1.23. The van der Waals surface area contributed by atoms with E-state index in [4.69, 9.17) is 5.73 Å². The molecule has 0 amide bonds. The fourth-order valence-corrected chi connectivity index (χ4v) is 1.62. The van der Waals surface area contributed by atoms with Crippen LogP contribution in [0.4, 0.5) is 14.6 Å². The van der Waals surface area contributed by atoms with E-state index in [0.29, 0.717) is 12.4 Å². The van der Waals surface area contributed by atoms with Crippen LogP contribution in [-0.2, 0) is 6.42 Å². The largest absolute Gasteiger partial charge is 0.354 e. The first-order chi connectivity index (χ1) is 7.54. The summed E-state index contributed by atoms with van der Waals surface area (Å²) in [5.41, 5.74) is 7.37. The molecule has 90 valence electrons. The lowest BCUT2D eigenvalue weighted by molar-refractivity contribution is 0.156. The molecule has 0 aliphatic rings. The van der Waals surface area contributed by atoms with Crippen LogP contribution < -0.4 is 10.6 Å². The summed E-state index contributed by atoms with van der Waals surface area (Å²) in [6.45, 7) is 2.13. The molecule has 1 heterocycles. The molecule has 0 aromatic carbocycles. The van der Waals surface area contributed by atoms with Crippen molar-refractivity contribution in [2.75, 3.05) is 25.0 Å². The molecule has 0 unspecified atom stereocenters. The van der Waals surface area contributed by atoms with Gasteiger partial charge in [-0.25, -0.2) is 13.8 Å². The van der Waals surface area contributed by atoms with Gasteiger partial charge in [-0.1, -0.05) is 6.07 Å². The smallest absolute Gasteiger partial charge is 0.255 e. The maximum atomic E-state index is 12.2. The van der Waals surface area contributed by atoms with Crippen molar-refractivity contribution >= 4 is 5.82 Å². The molecule has 1 aromatic heterocycles. The second-order valence-corrected chi connectivity index (χ2v) is 3.79. The Labute approximate surface area is 94.3 Å². The van der Waals surface area contributed by atoms with Gasteiger partial charge in [-0.3, -0.25) is 0 Å². The van der Waals surface area contributed by atoms with Crippen LogP contribution in [0.5, 0.6) is 0 Å². The molecular weight excluding hydrogens is 212 g/mol. The van der Waals surface area contributed by atoms with Crippen LogP contribution in [0.3, 0.4) is 0 Å². The summed E-state index contributed by atoms with van der Waals surface area (Å²) < 4.78 is 24.4. The van der Waals surface area contributed by atoms with Crippen molar-refractivity contribution in [2.45, 2.75) is 19.8 Å². The Bertz CT molecular complexity index is 342. The lowest BCUT2D eigenvalue weighted by atomic mass is 10.1. The van der Waals surface area contributed by atoms with E-state index in [1.165, 1.54) is 4.90 Å². The van der Waals surface area contributed by atoms with Gasteiger partial charge >= 0.3 is 0 Å². The van der Waals surface area contributed by atoms with E-state index in [-0.39, 0.29) is 6.54 Å². The molecule has 2 N–H and O–H groups in total. The quantitative estimate of drug-likeness (QED) is 0.833. The number of alkyl halides is 2. The third-order valence-corrected chi connectivity index (χ3v) is 2.31. The van der Waals surface area contributed by atoms with Crippen molar-refractivity contribution in [3.8, 4) is 0 Å². The fourth-order valence-electron chi connectivity index (χ4n) is 1.62. The van der Waals surface area contributed by atoms with Crippen molar-refractivity contribution < 1.29 is 8.78 Å². The Morgan fingerprint density at radius 2 is 2.19 bits per heavy atom. The van der Waals surface area contributed by atoms with E-state index in [1.54, 1.807) is 13.2 Å². The number of nitrogens with two attached hydrogens (primary N) is 1. The molecule has 5 heteroatoms. The number of rotatable bonds is 5.